The van der Waals surface area contributed by atoms with Crippen molar-refractivity contribution in [3.63, 3.8) is 0 Å². The zero-order chi connectivity index (χ0) is 12.3. The van der Waals surface area contributed by atoms with Gasteiger partial charge >= 0.3 is 0 Å². The first kappa shape index (κ1) is 11.9. The molecule has 0 unspecified atom stereocenters. The lowest BCUT2D eigenvalue weighted by molar-refractivity contribution is 0.355. The summed E-state index contributed by atoms with van der Waals surface area (Å²) in [7, 11) is 3.34. The van der Waals surface area contributed by atoms with Gasteiger partial charge in [-0.3, -0.25) is 0 Å². The molecule has 0 aliphatic carbocycles. The van der Waals surface area contributed by atoms with Crippen LogP contribution >= 0.6 is 0 Å². The molecule has 0 amide bonds. The number of ether oxygens (including phenoxy) is 2. The largest absolute Gasteiger partial charge is 0.493 e. The second kappa shape index (κ2) is 5.17. The molecule has 17 heavy (non-hydrogen) atoms. The van der Waals surface area contributed by atoms with Gasteiger partial charge in [0.2, 0.25) is 0 Å². The Labute approximate surface area is 103 Å². The fourth-order valence-electron chi connectivity index (χ4n) is 2.21. The molecule has 94 valence electrons. The third-order valence-corrected chi connectivity index (χ3v) is 3.14. The second-order valence-corrected chi connectivity index (χ2v) is 4.08. The minimum Gasteiger partial charge on any atom is -0.493 e. The van der Waals surface area contributed by atoms with Crippen LogP contribution in [0.2, 0.25) is 0 Å². The maximum atomic E-state index is 5.36. The Kier molecular flexibility index (Phi) is 3.61. The molecule has 0 aromatic heterocycles. The molecule has 1 aliphatic heterocycles. The van der Waals surface area contributed by atoms with E-state index >= 15 is 0 Å². The van der Waals surface area contributed by atoms with Gasteiger partial charge < -0.3 is 19.7 Å². The van der Waals surface area contributed by atoms with E-state index in [2.05, 4.69) is 23.2 Å². The third-order valence-electron chi connectivity index (χ3n) is 3.14. The molecule has 1 aromatic carbocycles. The Hall–Kier alpha value is -1.58. The van der Waals surface area contributed by atoms with Crippen molar-refractivity contribution in [3.05, 3.63) is 12.1 Å². The standard InChI is InChI=1S/C13H20N2O2/c1-4-15-7-5-6-14-10-8-12(16-2)13(17-3)9-11(10)15/h8-9,14H,4-7H2,1-3H3. The van der Waals surface area contributed by atoms with E-state index in [0.29, 0.717) is 0 Å². The Morgan fingerprint density at radius 1 is 1.24 bits per heavy atom. The molecule has 0 spiro atoms. The number of nitrogens with zero attached hydrogens (tertiary/aromatic N) is 1. The summed E-state index contributed by atoms with van der Waals surface area (Å²) < 4.78 is 10.7. The molecule has 0 fully saturated rings. The summed E-state index contributed by atoms with van der Waals surface area (Å²) >= 11 is 0. The van der Waals surface area contributed by atoms with Crippen molar-refractivity contribution in [2.75, 3.05) is 44.1 Å². The SMILES string of the molecule is CCN1CCCNc2cc(OC)c(OC)cc21. The Morgan fingerprint density at radius 2 is 1.94 bits per heavy atom. The number of rotatable bonds is 3. The van der Waals surface area contributed by atoms with Gasteiger partial charge in [-0.05, 0) is 13.3 Å². The van der Waals surface area contributed by atoms with Crippen LogP contribution in [0, 0.1) is 0 Å². The van der Waals surface area contributed by atoms with Crippen molar-refractivity contribution >= 4 is 11.4 Å². The second-order valence-electron chi connectivity index (χ2n) is 4.08. The van der Waals surface area contributed by atoms with Crippen LogP contribution in [-0.4, -0.2) is 33.9 Å². The lowest BCUT2D eigenvalue weighted by atomic mass is 10.2. The van der Waals surface area contributed by atoms with Crippen LogP contribution in [-0.2, 0) is 0 Å². The van der Waals surface area contributed by atoms with Gasteiger partial charge in [-0.25, -0.2) is 0 Å². The highest BCUT2D eigenvalue weighted by atomic mass is 16.5. The van der Waals surface area contributed by atoms with Gasteiger partial charge in [-0.15, -0.1) is 0 Å². The zero-order valence-corrected chi connectivity index (χ0v) is 10.7. The van der Waals surface area contributed by atoms with E-state index in [1.807, 2.05) is 6.07 Å². The number of hydrogen-bond acceptors (Lipinski definition) is 4. The van der Waals surface area contributed by atoms with E-state index in [1.54, 1.807) is 14.2 Å². The maximum Gasteiger partial charge on any atom is 0.162 e. The minimum absolute atomic E-state index is 0.775. The highest BCUT2D eigenvalue weighted by Gasteiger charge is 2.17. The summed E-state index contributed by atoms with van der Waals surface area (Å²) in [5.41, 5.74) is 2.32. The molecule has 1 N–H and O–H groups in total. The third kappa shape index (κ3) is 2.25. The van der Waals surface area contributed by atoms with Gasteiger partial charge in [-0.1, -0.05) is 0 Å². The van der Waals surface area contributed by atoms with Gasteiger partial charge in [0.15, 0.2) is 11.5 Å². The van der Waals surface area contributed by atoms with E-state index in [4.69, 9.17) is 9.47 Å². The average molecular weight is 236 g/mol. The van der Waals surface area contributed by atoms with Crippen molar-refractivity contribution in [1.82, 2.24) is 0 Å². The molecule has 4 nitrogen and oxygen atoms in total. The molecule has 1 aromatic rings. The topological polar surface area (TPSA) is 33.7 Å². The van der Waals surface area contributed by atoms with Crippen LogP contribution in [0.4, 0.5) is 11.4 Å². The van der Waals surface area contributed by atoms with Gasteiger partial charge in [0.25, 0.3) is 0 Å². The maximum absolute atomic E-state index is 5.36. The predicted molar refractivity (Wildman–Crippen MR) is 70.5 cm³/mol. The normalized spacial score (nSPS) is 14.6. The fourth-order valence-corrected chi connectivity index (χ4v) is 2.21. The summed E-state index contributed by atoms with van der Waals surface area (Å²) in [5.74, 6) is 1.56. The van der Waals surface area contributed by atoms with Gasteiger partial charge in [0, 0.05) is 31.8 Å². The van der Waals surface area contributed by atoms with Gasteiger partial charge in [-0.2, -0.15) is 0 Å². The monoisotopic (exact) mass is 236 g/mol. The number of fused-ring (bicyclic) bond motifs is 1. The van der Waals surface area contributed by atoms with E-state index in [9.17, 15) is 0 Å². The Balaban J connectivity index is 2.47. The molecule has 1 aliphatic rings. The molecule has 1 heterocycles. The molecular weight excluding hydrogens is 216 g/mol. The number of hydrogen-bond donors (Lipinski definition) is 1. The van der Waals surface area contributed by atoms with Crippen LogP contribution in [0.3, 0.4) is 0 Å². The van der Waals surface area contributed by atoms with Crippen LogP contribution in [0.1, 0.15) is 13.3 Å². The van der Waals surface area contributed by atoms with E-state index in [-0.39, 0.29) is 0 Å². The first-order chi connectivity index (χ1) is 8.30. The van der Waals surface area contributed by atoms with Gasteiger partial charge in [0.1, 0.15) is 0 Å². The summed E-state index contributed by atoms with van der Waals surface area (Å²) in [4.78, 5) is 2.36. The lowest BCUT2D eigenvalue weighted by Crippen LogP contribution is -2.23. The summed E-state index contributed by atoms with van der Waals surface area (Å²) in [6, 6.07) is 4.07. The highest BCUT2D eigenvalue weighted by Crippen LogP contribution is 2.39. The zero-order valence-electron chi connectivity index (χ0n) is 10.7. The van der Waals surface area contributed by atoms with Crippen molar-refractivity contribution in [1.29, 1.82) is 0 Å². The molecular formula is C13H20N2O2. The smallest absolute Gasteiger partial charge is 0.162 e. The number of benzene rings is 1. The summed E-state index contributed by atoms with van der Waals surface area (Å²) in [5, 5.41) is 3.44. The average Bonchev–Trinajstić information content (AvgIpc) is 2.58. The van der Waals surface area contributed by atoms with Crippen LogP contribution in [0.25, 0.3) is 0 Å². The van der Waals surface area contributed by atoms with E-state index in [0.717, 1.165) is 43.2 Å². The van der Waals surface area contributed by atoms with E-state index < -0.39 is 0 Å². The fraction of sp³-hybridized carbons (Fsp3) is 0.538. The van der Waals surface area contributed by atoms with Crippen molar-refractivity contribution < 1.29 is 9.47 Å². The molecule has 0 radical (unpaired) electrons. The molecule has 0 atom stereocenters. The highest BCUT2D eigenvalue weighted by molar-refractivity contribution is 5.75. The number of methoxy groups -OCH3 is 2. The first-order valence-corrected chi connectivity index (χ1v) is 6.05. The van der Waals surface area contributed by atoms with Crippen LogP contribution in [0.5, 0.6) is 11.5 Å². The number of anilines is 2. The predicted octanol–water partition coefficient (Wildman–Crippen LogP) is 2.35. The van der Waals surface area contributed by atoms with Gasteiger partial charge in [0.05, 0.1) is 25.6 Å². The molecule has 0 bridgehead atoms. The molecule has 2 rings (SSSR count). The van der Waals surface area contributed by atoms with E-state index in [1.165, 1.54) is 5.69 Å². The quantitative estimate of drug-likeness (QED) is 0.873. The first-order valence-electron chi connectivity index (χ1n) is 6.05. The molecule has 4 heteroatoms. The molecule has 0 saturated carbocycles. The van der Waals surface area contributed by atoms with Crippen molar-refractivity contribution in [2.24, 2.45) is 0 Å². The Morgan fingerprint density at radius 3 is 2.59 bits per heavy atom. The van der Waals surface area contributed by atoms with Crippen LogP contribution in [0.15, 0.2) is 12.1 Å². The van der Waals surface area contributed by atoms with Crippen molar-refractivity contribution in [3.8, 4) is 11.5 Å². The van der Waals surface area contributed by atoms with Crippen molar-refractivity contribution in [2.45, 2.75) is 13.3 Å². The number of nitrogens with one attached hydrogen (secondary N) is 1. The Bertz CT molecular complexity index is 393. The molecule has 0 saturated heterocycles. The lowest BCUT2D eigenvalue weighted by Gasteiger charge is -2.23. The summed E-state index contributed by atoms with van der Waals surface area (Å²) in [6.07, 6.45) is 1.15. The minimum atomic E-state index is 0.775. The summed E-state index contributed by atoms with van der Waals surface area (Å²) in [6.45, 7) is 5.25. The van der Waals surface area contributed by atoms with Crippen LogP contribution < -0.4 is 19.7 Å².